The third-order valence-electron chi connectivity index (χ3n) is 6.94. The van der Waals surface area contributed by atoms with Gasteiger partial charge in [0, 0.05) is 0 Å². The van der Waals surface area contributed by atoms with E-state index in [2.05, 4.69) is 27.7 Å². The van der Waals surface area contributed by atoms with Crippen molar-refractivity contribution < 1.29 is 17.7 Å². The summed E-state index contributed by atoms with van der Waals surface area (Å²) in [7, 11) is 0. The molecule has 0 aliphatic heterocycles. The van der Waals surface area contributed by atoms with Gasteiger partial charge in [-0.15, -0.1) is 0 Å². The zero-order valence-corrected chi connectivity index (χ0v) is 23.1. The molecular formula is C29H61F3N+. The molecule has 0 rings (SSSR count). The standard InChI is InChI=1S/C28H60N.CHF3/c1-5-9-13-17-21-25-29(26-22-18-14-10-6-2,27-23-19-15-11-7-3)28-24-20-16-12-8-4;2-1(3)4/h5-28H2,1-4H3;1H/q+1;. The fourth-order valence-electron chi connectivity index (χ4n) is 4.87. The lowest BCUT2D eigenvalue weighted by Gasteiger charge is -2.39. The van der Waals surface area contributed by atoms with E-state index in [-0.39, 0.29) is 0 Å². The maximum absolute atomic E-state index is 9.67. The van der Waals surface area contributed by atoms with E-state index < -0.39 is 6.68 Å². The average Bonchev–Trinajstić information content (AvgIpc) is 2.78. The number of quaternary nitrogens is 1. The van der Waals surface area contributed by atoms with Crippen LogP contribution in [-0.4, -0.2) is 37.3 Å². The van der Waals surface area contributed by atoms with Crippen molar-refractivity contribution in [2.75, 3.05) is 26.2 Å². The van der Waals surface area contributed by atoms with Crippen LogP contribution in [0.1, 0.15) is 156 Å². The molecule has 0 radical (unpaired) electrons. The Morgan fingerprint density at radius 1 is 0.364 bits per heavy atom. The Labute approximate surface area is 206 Å². The van der Waals surface area contributed by atoms with Crippen LogP contribution < -0.4 is 0 Å². The monoisotopic (exact) mass is 480 g/mol. The normalized spacial score (nSPS) is 11.6. The Kier molecular flexibility index (Phi) is 29.6. The number of rotatable bonds is 24. The van der Waals surface area contributed by atoms with Gasteiger partial charge in [0.2, 0.25) is 0 Å². The van der Waals surface area contributed by atoms with Gasteiger partial charge in [-0.2, -0.15) is 13.2 Å². The summed E-state index contributed by atoms with van der Waals surface area (Å²) in [5.41, 5.74) is 0. The van der Waals surface area contributed by atoms with E-state index in [0.717, 1.165) is 0 Å². The van der Waals surface area contributed by atoms with Gasteiger partial charge in [-0.1, -0.05) is 105 Å². The summed E-state index contributed by atoms with van der Waals surface area (Å²) in [5, 5.41) is 0. The summed E-state index contributed by atoms with van der Waals surface area (Å²) < 4.78 is 30.5. The number of nitrogens with zero attached hydrogens (tertiary/aromatic N) is 1. The maximum Gasteiger partial charge on any atom is 0.379 e. The molecule has 0 heterocycles. The number of hydrogen-bond acceptors (Lipinski definition) is 0. The van der Waals surface area contributed by atoms with Crippen LogP contribution in [0, 0.1) is 0 Å². The predicted molar refractivity (Wildman–Crippen MR) is 142 cm³/mol. The molecule has 0 saturated carbocycles. The highest BCUT2D eigenvalue weighted by atomic mass is 19.4. The van der Waals surface area contributed by atoms with E-state index >= 15 is 0 Å². The number of unbranched alkanes of at least 4 members (excludes halogenated alkanes) is 16. The predicted octanol–water partition coefficient (Wildman–Crippen LogP) is 10.9. The minimum atomic E-state index is -3.67. The van der Waals surface area contributed by atoms with E-state index in [4.69, 9.17) is 0 Å². The highest BCUT2D eigenvalue weighted by Crippen LogP contribution is 2.20. The third-order valence-corrected chi connectivity index (χ3v) is 6.94. The van der Waals surface area contributed by atoms with Crippen molar-refractivity contribution in [1.29, 1.82) is 0 Å². The first-order chi connectivity index (χ1) is 16.0. The van der Waals surface area contributed by atoms with E-state index in [9.17, 15) is 13.2 Å². The second-order valence-electron chi connectivity index (χ2n) is 10.1. The molecule has 202 valence electrons. The number of halogens is 3. The molecule has 0 amide bonds. The van der Waals surface area contributed by atoms with Gasteiger partial charge in [-0.3, -0.25) is 0 Å². The van der Waals surface area contributed by atoms with E-state index in [1.165, 1.54) is 159 Å². The zero-order valence-electron chi connectivity index (χ0n) is 23.1. The first-order valence-corrected chi connectivity index (χ1v) is 14.7. The van der Waals surface area contributed by atoms with Crippen LogP contribution in [0.5, 0.6) is 0 Å². The van der Waals surface area contributed by atoms with Crippen LogP contribution in [0.3, 0.4) is 0 Å². The zero-order chi connectivity index (χ0) is 25.0. The van der Waals surface area contributed by atoms with Gasteiger partial charge in [0.05, 0.1) is 26.2 Å². The molecule has 0 unspecified atom stereocenters. The van der Waals surface area contributed by atoms with E-state index in [0.29, 0.717) is 0 Å². The van der Waals surface area contributed by atoms with Crippen molar-refractivity contribution in [3.8, 4) is 0 Å². The summed E-state index contributed by atoms with van der Waals surface area (Å²) in [6.45, 7) is 11.6. The maximum atomic E-state index is 9.67. The molecule has 0 atom stereocenters. The molecular weight excluding hydrogens is 419 g/mol. The SMILES string of the molecule is CCCCCCC[N+](CCCCCCC)(CCCCCCC)CCCCCCC.FC(F)F. The number of alkyl halides is 3. The fourth-order valence-corrected chi connectivity index (χ4v) is 4.87. The van der Waals surface area contributed by atoms with Crippen LogP contribution in [-0.2, 0) is 0 Å². The highest BCUT2D eigenvalue weighted by Gasteiger charge is 2.25. The smallest absolute Gasteiger partial charge is 0.324 e. The summed E-state index contributed by atoms with van der Waals surface area (Å²) in [6, 6.07) is 0. The lowest BCUT2D eigenvalue weighted by molar-refractivity contribution is -0.929. The van der Waals surface area contributed by atoms with Crippen molar-refractivity contribution in [2.24, 2.45) is 0 Å². The molecule has 0 fully saturated rings. The van der Waals surface area contributed by atoms with Crippen molar-refractivity contribution >= 4 is 0 Å². The Hall–Kier alpha value is -0.250. The first kappa shape index (κ1) is 34.9. The van der Waals surface area contributed by atoms with Crippen LogP contribution in [0.4, 0.5) is 13.2 Å². The highest BCUT2D eigenvalue weighted by molar-refractivity contribution is 4.54. The van der Waals surface area contributed by atoms with Crippen molar-refractivity contribution in [3.05, 3.63) is 0 Å². The molecule has 0 N–H and O–H groups in total. The van der Waals surface area contributed by atoms with Crippen LogP contribution >= 0.6 is 0 Å². The van der Waals surface area contributed by atoms with Gasteiger partial charge >= 0.3 is 6.68 Å². The fraction of sp³-hybridized carbons (Fsp3) is 1.00. The summed E-state index contributed by atoms with van der Waals surface area (Å²) in [4.78, 5) is 0. The van der Waals surface area contributed by atoms with E-state index in [1.807, 2.05) is 0 Å². The second-order valence-corrected chi connectivity index (χ2v) is 10.1. The van der Waals surface area contributed by atoms with Crippen molar-refractivity contribution in [2.45, 2.75) is 163 Å². The molecule has 0 aromatic rings. The minimum Gasteiger partial charge on any atom is -0.324 e. The lowest BCUT2D eigenvalue weighted by Crippen LogP contribution is -2.50. The molecule has 0 aromatic heterocycles. The summed E-state index contributed by atoms with van der Waals surface area (Å²) in [6.07, 6.45) is 28.8. The van der Waals surface area contributed by atoms with Gasteiger partial charge in [0.15, 0.2) is 0 Å². The third kappa shape index (κ3) is 27.9. The molecule has 0 aromatic carbocycles. The van der Waals surface area contributed by atoms with Gasteiger partial charge in [-0.05, 0) is 51.4 Å². The Bertz CT molecular complexity index is 285. The molecule has 0 saturated heterocycles. The van der Waals surface area contributed by atoms with Gasteiger partial charge in [-0.25, -0.2) is 0 Å². The summed E-state index contributed by atoms with van der Waals surface area (Å²) in [5.74, 6) is 0. The first-order valence-electron chi connectivity index (χ1n) is 14.7. The second kappa shape index (κ2) is 28.0. The van der Waals surface area contributed by atoms with Gasteiger partial charge in [0.25, 0.3) is 0 Å². The summed E-state index contributed by atoms with van der Waals surface area (Å²) >= 11 is 0. The van der Waals surface area contributed by atoms with Crippen LogP contribution in [0.15, 0.2) is 0 Å². The molecule has 4 heteroatoms. The van der Waals surface area contributed by atoms with Gasteiger partial charge < -0.3 is 4.48 Å². The van der Waals surface area contributed by atoms with Crippen molar-refractivity contribution in [3.63, 3.8) is 0 Å². The Balaban J connectivity index is 0. The van der Waals surface area contributed by atoms with Crippen LogP contribution in [0.25, 0.3) is 0 Å². The topological polar surface area (TPSA) is 0 Å². The quantitative estimate of drug-likeness (QED) is 0.0951. The largest absolute Gasteiger partial charge is 0.379 e. The van der Waals surface area contributed by atoms with Crippen molar-refractivity contribution in [1.82, 2.24) is 0 Å². The Morgan fingerprint density at radius 3 is 0.727 bits per heavy atom. The average molecular weight is 481 g/mol. The molecule has 0 spiro atoms. The minimum absolute atomic E-state index is 1.37. The molecule has 1 nitrogen and oxygen atoms in total. The lowest BCUT2D eigenvalue weighted by atomic mass is 10.1. The van der Waals surface area contributed by atoms with Gasteiger partial charge in [0.1, 0.15) is 0 Å². The molecule has 0 aliphatic rings. The molecule has 0 bridgehead atoms. The van der Waals surface area contributed by atoms with E-state index in [1.54, 1.807) is 0 Å². The Morgan fingerprint density at radius 2 is 0.545 bits per heavy atom. The van der Waals surface area contributed by atoms with Crippen LogP contribution in [0.2, 0.25) is 0 Å². The molecule has 0 aliphatic carbocycles. The number of hydrogen-bond donors (Lipinski definition) is 0. The molecule has 33 heavy (non-hydrogen) atoms.